The Morgan fingerprint density at radius 1 is 1.24 bits per heavy atom. The summed E-state index contributed by atoms with van der Waals surface area (Å²) >= 11 is 0. The normalized spacial score (nSPS) is 19.4. The SMILES string of the molecule is Cc1nc(N2CCN(Cc3cnn(C)c3)C(C)C2)cc(C(F)(F)F)n1. The van der Waals surface area contributed by atoms with Crippen molar-refractivity contribution < 1.29 is 13.2 Å². The maximum atomic E-state index is 13.0. The molecule has 1 aliphatic heterocycles. The van der Waals surface area contributed by atoms with E-state index in [2.05, 4.69) is 26.9 Å². The topological polar surface area (TPSA) is 50.1 Å². The highest BCUT2D eigenvalue weighted by Crippen LogP contribution is 2.30. The molecular formula is C16H21F3N6. The summed E-state index contributed by atoms with van der Waals surface area (Å²) in [6.07, 6.45) is -0.652. The van der Waals surface area contributed by atoms with Crippen molar-refractivity contribution in [2.75, 3.05) is 24.5 Å². The number of hydrogen-bond donors (Lipinski definition) is 0. The number of piperazine rings is 1. The summed E-state index contributed by atoms with van der Waals surface area (Å²) in [5.41, 5.74) is 0.237. The molecule has 0 aromatic carbocycles. The molecular weight excluding hydrogens is 333 g/mol. The third-order valence-electron chi connectivity index (χ3n) is 4.35. The Morgan fingerprint density at radius 3 is 2.60 bits per heavy atom. The first-order chi connectivity index (χ1) is 11.7. The maximum absolute atomic E-state index is 13.0. The highest BCUT2D eigenvalue weighted by molar-refractivity contribution is 5.41. The van der Waals surface area contributed by atoms with Crippen LogP contribution in [-0.2, 0) is 19.8 Å². The van der Waals surface area contributed by atoms with Crippen LogP contribution in [0.1, 0.15) is 24.0 Å². The minimum Gasteiger partial charge on any atom is -0.354 e. The number of hydrogen-bond acceptors (Lipinski definition) is 5. The smallest absolute Gasteiger partial charge is 0.354 e. The van der Waals surface area contributed by atoms with Crippen molar-refractivity contribution in [3.63, 3.8) is 0 Å². The van der Waals surface area contributed by atoms with Gasteiger partial charge in [0.2, 0.25) is 0 Å². The first-order valence-corrected chi connectivity index (χ1v) is 8.12. The van der Waals surface area contributed by atoms with E-state index in [0.717, 1.165) is 24.7 Å². The van der Waals surface area contributed by atoms with E-state index in [1.54, 1.807) is 4.68 Å². The first-order valence-electron chi connectivity index (χ1n) is 8.12. The van der Waals surface area contributed by atoms with Gasteiger partial charge in [-0.3, -0.25) is 9.58 Å². The second kappa shape index (κ2) is 6.62. The number of aromatic nitrogens is 4. The van der Waals surface area contributed by atoms with Crippen LogP contribution in [0.25, 0.3) is 0 Å². The van der Waals surface area contributed by atoms with Gasteiger partial charge in [-0.1, -0.05) is 0 Å². The first kappa shape index (κ1) is 17.7. The van der Waals surface area contributed by atoms with Gasteiger partial charge in [-0.15, -0.1) is 0 Å². The lowest BCUT2D eigenvalue weighted by molar-refractivity contribution is -0.141. The van der Waals surface area contributed by atoms with Gasteiger partial charge in [0.25, 0.3) is 0 Å². The second-order valence-corrected chi connectivity index (χ2v) is 6.44. The largest absolute Gasteiger partial charge is 0.433 e. The number of anilines is 1. The van der Waals surface area contributed by atoms with Crippen LogP contribution in [0.15, 0.2) is 18.5 Å². The van der Waals surface area contributed by atoms with Crippen LogP contribution >= 0.6 is 0 Å². The van der Waals surface area contributed by atoms with E-state index < -0.39 is 11.9 Å². The van der Waals surface area contributed by atoms with Gasteiger partial charge in [0.05, 0.1) is 6.20 Å². The van der Waals surface area contributed by atoms with Crippen LogP contribution in [0.3, 0.4) is 0 Å². The Bertz CT molecular complexity index is 742. The number of aryl methyl sites for hydroxylation is 2. The summed E-state index contributed by atoms with van der Waals surface area (Å²) in [5.74, 6) is 0.475. The molecule has 2 aromatic heterocycles. The summed E-state index contributed by atoms with van der Waals surface area (Å²) in [6, 6.07) is 1.23. The third-order valence-corrected chi connectivity index (χ3v) is 4.35. The molecule has 25 heavy (non-hydrogen) atoms. The molecule has 1 saturated heterocycles. The van der Waals surface area contributed by atoms with Gasteiger partial charge in [-0.05, 0) is 13.8 Å². The summed E-state index contributed by atoms with van der Waals surface area (Å²) in [5, 5.41) is 4.17. The summed E-state index contributed by atoms with van der Waals surface area (Å²) in [4.78, 5) is 11.9. The molecule has 9 heteroatoms. The van der Waals surface area contributed by atoms with Crippen LogP contribution < -0.4 is 4.90 Å². The average Bonchev–Trinajstić information content (AvgIpc) is 2.93. The quantitative estimate of drug-likeness (QED) is 0.846. The number of rotatable bonds is 3. The maximum Gasteiger partial charge on any atom is 0.433 e. The van der Waals surface area contributed by atoms with Crippen LogP contribution in [0.4, 0.5) is 19.0 Å². The summed E-state index contributed by atoms with van der Waals surface area (Å²) < 4.78 is 40.7. The van der Waals surface area contributed by atoms with E-state index in [1.807, 2.05) is 24.3 Å². The Hall–Kier alpha value is -2.16. The van der Waals surface area contributed by atoms with Gasteiger partial charge in [-0.25, -0.2) is 9.97 Å². The second-order valence-electron chi connectivity index (χ2n) is 6.44. The van der Waals surface area contributed by atoms with Gasteiger partial charge in [0, 0.05) is 57.1 Å². The van der Waals surface area contributed by atoms with Gasteiger partial charge in [0.15, 0.2) is 0 Å². The molecule has 2 aromatic rings. The fourth-order valence-electron chi connectivity index (χ4n) is 3.09. The molecule has 6 nitrogen and oxygen atoms in total. The van der Waals surface area contributed by atoms with Crippen molar-refractivity contribution in [2.24, 2.45) is 7.05 Å². The number of alkyl halides is 3. The van der Waals surface area contributed by atoms with Crippen molar-refractivity contribution in [1.29, 1.82) is 0 Å². The minimum atomic E-state index is -4.46. The van der Waals surface area contributed by atoms with E-state index in [-0.39, 0.29) is 11.9 Å². The number of nitrogens with zero attached hydrogens (tertiary/aromatic N) is 6. The number of halogens is 3. The van der Waals surface area contributed by atoms with E-state index in [0.29, 0.717) is 18.9 Å². The zero-order chi connectivity index (χ0) is 18.2. The minimum absolute atomic E-state index is 0.135. The molecule has 0 spiro atoms. The highest BCUT2D eigenvalue weighted by atomic mass is 19.4. The van der Waals surface area contributed by atoms with Crippen LogP contribution in [0.2, 0.25) is 0 Å². The Morgan fingerprint density at radius 2 is 2.00 bits per heavy atom. The molecule has 1 atom stereocenters. The molecule has 1 unspecified atom stereocenters. The molecule has 0 aliphatic carbocycles. The fourth-order valence-corrected chi connectivity index (χ4v) is 3.09. The van der Waals surface area contributed by atoms with Crippen LogP contribution in [-0.4, -0.2) is 50.3 Å². The van der Waals surface area contributed by atoms with E-state index in [9.17, 15) is 13.2 Å². The molecule has 0 radical (unpaired) electrons. The summed E-state index contributed by atoms with van der Waals surface area (Å²) in [6.45, 7) is 6.33. The highest BCUT2D eigenvalue weighted by Gasteiger charge is 2.34. The van der Waals surface area contributed by atoms with Crippen molar-refractivity contribution in [2.45, 2.75) is 32.6 Å². The molecule has 3 rings (SSSR count). The Labute approximate surface area is 144 Å². The molecule has 1 aliphatic rings. The lowest BCUT2D eigenvalue weighted by atomic mass is 10.1. The monoisotopic (exact) mass is 354 g/mol. The van der Waals surface area contributed by atoms with Crippen LogP contribution in [0, 0.1) is 6.92 Å². The summed E-state index contributed by atoms with van der Waals surface area (Å²) in [7, 11) is 1.88. The Kier molecular flexibility index (Phi) is 4.68. The predicted octanol–water partition coefficient (Wildman–Crippen LogP) is 2.25. The lowest BCUT2D eigenvalue weighted by Gasteiger charge is -2.40. The van der Waals surface area contributed by atoms with E-state index in [4.69, 9.17) is 0 Å². The molecule has 0 amide bonds. The zero-order valence-corrected chi connectivity index (χ0v) is 14.5. The van der Waals surface area contributed by atoms with Gasteiger partial charge >= 0.3 is 6.18 Å². The molecule has 3 heterocycles. The van der Waals surface area contributed by atoms with Crippen molar-refractivity contribution in [3.05, 3.63) is 35.5 Å². The third kappa shape index (κ3) is 4.09. The molecule has 0 N–H and O–H groups in total. The van der Waals surface area contributed by atoms with Crippen molar-refractivity contribution >= 4 is 5.82 Å². The lowest BCUT2D eigenvalue weighted by Crippen LogP contribution is -2.51. The zero-order valence-electron chi connectivity index (χ0n) is 14.5. The average molecular weight is 354 g/mol. The van der Waals surface area contributed by atoms with Gasteiger partial charge < -0.3 is 4.90 Å². The predicted molar refractivity (Wildman–Crippen MR) is 87.1 cm³/mol. The van der Waals surface area contributed by atoms with Crippen molar-refractivity contribution in [3.8, 4) is 0 Å². The van der Waals surface area contributed by atoms with E-state index in [1.165, 1.54) is 6.92 Å². The van der Waals surface area contributed by atoms with E-state index >= 15 is 0 Å². The molecule has 136 valence electrons. The fraction of sp³-hybridized carbons (Fsp3) is 0.562. The van der Waals surface area contributed by atoms with Crippen molar-refractivity contribution in [1.82, 2.24) is 24.6 Å². The molecule has 0 bridgehead atoms. The standard InChI is InChI=1S/C16H21F3N6/c1-11-8-25(5-4-24(11)10-13-7-20-23(3)9-13)15-6-14(16(17,18)19)21-12(2)22-15/h6-7,9,11H,4-5,8,10H2,1-3H3. The van der Waals surface area contributed by atoms with Crippen LogP contribution in [0.5, 0.6) is 0 Å². The Balaban J connectivity index is 1.71. The van der Waals surface area contributed by atoms with Gasteiger partial charge in [-0.2, -0.15) is 18.3 Å². The molecule has 0 saturated carbocycles. The molecule has 1 fully saturated rings. The van der Waals surface area contributed by atoms with Gasteiger partial charge in [0.1, 0.15) is 17.3 Å².